The van der Waals surface area contributed by atoms with Gasteiger partial charge in [-0.05, 0) is 36.8 Å². The molecule has 1 amide bonds. The molecule has 4 rings (SSSR count). The minimum absolute atomic E-state index is 0.101. The molecule has 0 spiro atoms. The second-order valence-electron chi connectivity index (χ2n) is 7.39. The summed E-state index contributed by atoms with van der Waals surface area (Å²) in [6.45, 7) is 1.84. The van der Waals surface area contributed by atoms with E-state index < -0.39 is 17.8 Å². The second kappa shape index (κ2) is 9.15. The van der Waals surface area contributed by atoms with E-state index in [1.54, 1.807) is 26.1 Å². The molecular formula is C22H21FN6O4. The highest BCUT2D eigenvalue weighted by Crippen LogP contribution is 2.27. The van der Waals surface area contributed by atoms with E-state index in [9.17, 15) is 14.0 Å². The van der Waals surface area contributed by atoms with Crippen LogP contribution in [0, 0.1) is 12.7 Å². The van der Waals surface area contributed by atoms with Crippen LogP contribution >= 0.6 is 0 Å². The van der Waals surface area contributed by atoms with Gasteiger partial charge in [0, 0.05) is 26.1 Å². The summed E-state index contributed by atoms with van der Waals surface area (Å²) in [5, 5.41) is 11.0. The van der Waals surface area contributed by atoms with Crippen molar-refractivity contribution in [3.63, 3.8) is 0 Å². The summed E-state index contributed by atoms with van der Waals surface area (Å²) in [5.74, 6) is -0.397. The quantitative estimate of drug-likeness (QED) is 0.606. The summed E-state index contributed by atoms with van der Waals surface area (Å²) in [6.07, 6.45) is -0.0919. The summed E-state index contributed by atoms with van der Waals surface area (Å²) >= 11 is 0. The third-order valence-electron chi connectivity index (χ3n) is 5.01. The van der Waals surface area contributed by atoms with Crippen molar-refractivity contribution in [3.05, 3.63) is 81.0 Å². The number of ether oxygens (including phenoxy) is 1. The highest BCUT2D eigenvalue weighted by molar-refractivity contribution is 6.01. The molecular weight excluding hydrogens is 431 g/mol. The standard InChI is InChI=1S/C22H21FN6O4/c1-12-25-16(17-10-20(33-28-17)15-6-7-21(30)29(2)27-15)9-18(26-12)22(31)24-11-13-4-5-14(23)19(8-13)32-3/h4-9,20H,10-11H2,1-3H3,(H,24,31). The Labute approximate surface area is 188 Å². The number of hydrogen-bond acceptors (Lipinski definition) is 8. The van der Waals surface area contributed by atoms with E-state index >= 15 is 0 Å². The van der Waals surface area contributed by atoms with Crippen molar-refractivity contribution in [2.75, 3.05) is 7.11 Å². The fraction of sp³-hybridized carbons (Fsp3) is 0.273. The first-order chi connectivity index (χ1) is 15.8. The van der Waals surface area contributed by atoms with Crippen molar-refractivity contribution in [1.29, 1.82) is 0 Å². The number of nitrogens with zero attached hydrogens (tertiary/aromatic N) is 5. The molecule has 1 N–H and O–H groups in total. The fourth-order valence-corrected chi connectivity index (χ4v) is 3.30. The zero-order valence-corrected chi connectivity index (χ0v) is 18.2. The topological polar surface area (TPSA) is 121 Å². The summed E-state index contributed by atoms with van der Waals surface area (Å²) in [5.41, 5.74) is 2.18. The zero-order valence-electron chi connectivity index (χ0n) is 18.2. The molecule has 1 unspecified atom stereocenters. The minimum Gasteiger partial charge on any atom is -0.494 e. The summed E-state index contributed by atoms with van der Waals surface area (Å²) in [6, 6.07) is 8.91. The Kier molecular flexibility index (Phi) is 6.11. The van der Waals surface area contributed by atoms with Crippen LogP contribution in [0.4, 0.5) is 4.39 Å². The van der Waals surface area contributed by atoms with Crippen molar-refractivity contribution in [2.45, 2.75) is 26.0 Å². The molecule has 170 valence electrons. The van der Waals surface area contributed by atoms with Gasteiger partial charge in [0.05, 0.1) is 12.8 Å². The van der Waals surface area contributed by atoms with Gasteiger partial charge in [-0.25, -0.2) is 19.0 Å². The van der Waals surface area contributed by atoms with Gasteiger partial charge >= 0.3 is 0 Å². The van der Waals surface area contributed by atoms with Gasteiger partial charge in [0.15, 0.2) is 17.7 Å². The van der Waals surface area contributed by atoms with E-state index in [-0.39, 0.29) is 23.5 Å². The Morgan fingerprint density at radius 1 is 1.27 bits per heavy atom. The molecule has 1 aromatic carbocycles. The summed E-state index contributed by atoms with van der Waals surface area (Å²) < 4.78 is 19.8. The van der Waals surface area contributed by atoms with Crippen LogP contribution in [0.2, 0.25) is 0 Å². The van der Waals surface area contributed by atoms with Gasteiger partial charge in [-0.1, -0.05) is 11.2 Å². The number of benzene rings is 1. The molecule has 1 aliphatic rings. The van der Waals surface area contributed by atoms with Crippen LogP contribution < -0.4 is 15.6 Å². The maximum atomic E-state index is 13.6. The number of rotatable bonds is 6. The van der Waals surface area contributed by atoms with E-state index in [1.165, 1.54) is 36.1 Å². The second-order valence-corrected chi connectivity index (χ2v) is 7.39. The number of aryl methyl sites for hydroxylation is 2. The number of carbonyl (C=O) groups is 1. The number of aromatic nitrogens is 4. The van der Waals surface area contributed by atoms with Gasteiger partial charge in [-0.15, -0.1) is 0 Å². The van der Waals surface area contributed by atoms with Gasteiger partial charge in [0.1, 0.15) is 22.9 Å². The molecule has 0 radical (unpaired) electrons. The summed E-state index contributed by atoms with van der Waals surface area (Å²) in [4.78, 5) is 38.3. The Morgan fingerprint density at radius 2 is 2.09 bits per heavy atom. The van der Waals surface area contributed by atoms with Gasteiger partial charge in [-0.3, -0.25) is 9.59 Å². The van der Waals surface area contributed by atoms with Gasteiger partial charge in [0.25, 0.3) is 11.5 Å². The van der Waals surface area contributed by atoms with E-state index in [0.29, 0.717) is 34.9 Å². The van der Waals surface area contributed by atoms with E-state index in [2.05, 4.69) is 25.5 Å². The highest BCUT2D eigenvalue weighted by Gasteiger charge is 2.27. The Hall–Kier alpha value is -4.15. The highest BCUT2D eigenvalue weighted by atomic mass is 19.1. The molecule has 3 aromatic rings. The van der Waals surface area contributed by atoms with Crippen molar-refractivity contribution >= 4 is 11.6 Å². The van der Waals surface area contributed by atoms with Crippen molar-refractivity contribution in [3.8, 4) is 5.75 Å². The summed E-state index contributed by atoms with van der Waals surface area (Å²) in [7, 11) is 2.93. The smallest absolute Gasteiger partial charge is 0.270 e. The molecule has 3 heterocycles. The molecule has 10 nitrogen and oxygen atoms in total. The lowest BCUT2D eigenvalue weighted by Gasteiger charge is -2.09. The van der Waals surface area contributed by atoms with Gasteiger partial charge in [-0.2, -0.15) is 5.10 Å². The van der Waals surface area contributed by atoms with Crippen LogP contribution in [-0.2, 0) is 18.4 Å². The van der Waals surface area contributed by atoms with Gasteiger partial charge < -0.3 is 14.9 Å². The first kappa shape index (κ1) is 22.1. The number of carbonyl (C=O) groups excluding carboxylic acids is 1. The maximum Gasteiger partial charge on any atom is 0.270 e. The number of nitrogens with one attached hydrogen (secondary N) is 1. The predicted molar refractivity (Wildman–Crippen MR) is 115 cm³/mol. The first-order valence-electron chi connectivity index (χ1n) is 10.1. The molecule has 11 heteroatoms. The SMILES string of the molecule is COc1cc(CNC(=O)c2cc(C3=NOC(c4ccc(=O)n(C)n4)C3)nc(C)n2)ccc1F. The fourth-order valence-electron chi connectivity index (χ4n) is 3.30. The third kappa shape index (κ3) is 4.86. The largest absolute Gasteiger partial charge is 0.494 e. The van der Waals surface area contributed by atoms with Crippen LogP contribution in [0.15, 0.2) is 46.3 Å². The monoisotopic (exact) mass is 452 g/mol. The minimum atomic E-state index is -0.477. The van der Waals surface area contributed by atoms with Crippen molar-refractivity contribution < 1.29 is 18.8 Å². The Balaban J connectivity index is 1.47. The Bertz CT molecular complexity index is 1310. The first-order valence-corrected chi connectivity index (χ1v) is 10.1. The van der Waals surface area contributed by atoms with E-state index in [4.69, 9.17) is 9.57 Å². The molecule has 0 bridgehead atoms. The number of amides is 1. The number of methoxy groups -OCH3 is 1. The molecule has 0 saturated carbocycles. The molecule has 1 aliphatic heterocycles. The van der Waals surface area contributed by atoms with E-state index in [1.807, 2.05) is 0 Å². The van der Waals surface area contributed by atoms with Crippen LogP contribution in [0.5, 0.6) is 5.75 Å². The van der Waals surface area contributed by atoms with Gasteiger partial charge in [0.2, 0.25) is 0 Å². The van der Waals surface area contributed by atoms with Crippen molar-refractivity contribution in [2.24, 2.45) is 12.2 Å². The van der Waals surface area contributed by atoms with Crippen molar-refractivity contribution in [1.82, 2.24) is 25.1 Å². The lowest BCUT2D eigenvalue weighted by Crippen LogP contribution is -2.25. The normalized spacial score (nSPS) is 15.0. The molecule has 0 aliphatic carbocycles. The average molecular weight is 452 g/mol. The van der Waals surface area contributed by atoms with Crippen LogP contribution in [0.3, 0.4) is 0 Å². The van der Waals surface area contributed by atoms with Crippen LogP contribution in [0.25, 0.3) is 0 Å². The van der Waals surface area contributed by atoms with Crippen LogP contribution in [-0.4, -0.2) is 38.5 Å². The predicted octanol–water partition coefficient (Wildman–Crippen LogP) is 1.82. The third-order valence-corrected chi connectivity index (χ3v) is 5.01. The van der Waals surface area contributed by atoms with Crippen LogP contribution in [0.1, 0.15) is 45.8 Å². The lowest BCUT2D eigenvalue weighted by molar-refractivity contribution is 0.0811. The number of oxime groups is 1. The average Bonchev–Trinajstić information content (AvgIpc) is 3.30. The number of halogens is 1. The maximum absolute atomic E-state index is 13.6. The lowest BCUT2D eigenvalue weighted by atomic mass is 10.1. The molecule has 1 atom stereocenters. The zero-order chi connectivity index (χ0) is 23.5. The van der Waals surface area contributed by atoms with E-state index in [0.717, 1.165) is 0 Å². The number of hydrogen-bond donors (Lipinski definition) is 1. The molecule has 33 heavy (non-hydrogen) atoms. The molecule has 2 aromatic heterocycles. The molecule has 0 saturated heterocycles. The Morgan fingerprint density at radius 3 is 2.85 bits per heavy atom. The molecule has 0 fully saturated rings.